The summed E-state index contributed by atoms with van der Waals surface area (Å²) in [6.07, 6.45) is -0.366. The molecule has 13 heteroatoms. The third-order valence-corrected chi connectivity index (χ3v) is 6.66. The zero-order valence-corrected chi connectivity index (χ0v) is 21.2. The van der Waals surface area contributed by atoms with Crippen molar-refractivity contribution >= 4 is 19.6 Å². The van der Waals surface area contributed by atoms with Crippen molar-refractivity contribution < 1.29 is 33.0 Å². The second-order valence-electron chi connectivity index (χ2n) is 8.89. The summed E-state index contributed by atoms with van der Waals surface area (Å²) in [5, 5.41) is 23.3. The van der Waals surface area contributed by atoms with Gasteiger partial charge in [-0.3, -0.25) is 14.7 Å². The quantitative estimate of drug-likeness (QED) is 0.0961. The molecule has 1 aliphatic rings. The zero-order valence-electron chi connectivity index (χ0n) is 20.3. The molecular formula is C22H36N5O7P. The van der Waals surface area contributed by atoms with Crippen LogP contribution in [-0.4, -0.2) is 60.1 Å². The van der Waals surface area contributed by atoms with Gasteiger partial charge in [-0.1, -0.05) is 32.0 Å². The Morgan fingerprint density at radius 3 is 2.60 bits per heavy atom. The van der Waals surface area contributed by atoms with Crippen LogP contribution in [0.1, 0.15) is 27.7 Å². The van der Waals surface area contributed by atoms with Gasteiger partial charge in [0.2, 0.25) is 0 Å². The number of nitrogens with two attached hydrogens (primary N) is 2. The van der Waals surface area contributed by atoms with Crippen LogP contribution in [0.2, 0.25) is 0 Å². The number of rotatable bonds is 13. The van der Waals surface area contributed by atoms with E-state index in [2.05, 4.69) is 10.4 Å². The van der Waals surface area contributed by atoms with E-state index in [9.17, 15) is 14.5 Å². The molecule has 0 aliphatic carbocycles. The highest BCUT2D eigenvalue weighted by Gasteiger charge is 2.51. The molecule has 12 nitrogen and oxygen atoms in total. The molecule has 196 valence electrons. The molecule has 0 spiro atoms. The number of carbonyl (C=O) groups is 1. The van der Waals surface area contributed by atoms with Crippen LogP contribution in [0.15, 0.2) is 42.6 Å². The van der Waals surface area contributed by atoms with E-state index in [0.717, 1.165) is 0 Å². The van der Waals surface area contributed by atoms with Gasteiger partial charge in [0, 0.05) is 6.20 Å². The van der Waals surface area contributed by atoms with E-state index in [-0.39, 0.29) is 30.7 Å². The Balaban J connectivity index is 2.12. The Hall–Kier alpha value is -2.47. The molecule has 1 fully saturated rings. The average Bonchev–Trinajstić information content (AvgIpc) is 2.99. The molecule has 1 heterocycles. The largest absolute Gasteiger partial charge is 0.464 e. The Labute approximate surface area is 205 Å². The second kappa shape index (κ2) is 12.5. The van der Waals surface area contributed by atoms with Gasteiger partial charge in [-0.15, -0.1) is 0 Å². The van der Waals surface area contributed by atoms with Gasteiger partial charge in [-0.05, 0) is 38.0 Å². The summed E-state index contributed by atoms with van der Waals surface area (Å²) in [6, 6.07) is 7.29. The Kier molecular flexibility index (Phi) is 10.3. The molecule has 35 heavy (non-hydrogen) atoms. The molecule has 1 unspecified atom stereocenters. The number of benzene rings is 1. The topological polar surface area (TPSA) is 191 Å². The van der Waals surface area contributed by atoms with Crippen molar-refractivity contribution in [3.8, 4) is 5.75 Å². The Bertz CT molecular complexity index is 928. The summed E-state index contributed by atoms with van der Waals surface area (Å²) >= 11 is 0. The molecule has 1 aromatic carbocycles. The molecule has 6 atom stereocenters. The maximum absolute atomic E-state index is 13.6. The van der Waals surface area contributed by atoms with E-state index in [1.807, 2.05) is 13.8 Å². The molecule has 1 aliphatic heterocycles. The third kappa shape index (κ3) is 8.60. The predicted molar refractivity (Wildman–Crippen MR) is 130 cm³/mol. The number of aliphatic hydroxyl groups is 1. The van der Waals surface area contributed by atoms with Crippen LogP contribution >= 0.6 is 7.75 Å². The smallest absolute Gasteiger partial charge is 0.459 e. The van der Waals surface area contributed by atoms with E-state index >= 15 is 0 Å². The molecular weight excluding hydrogens is 477 g/mol. The third-order valence-electron chi connectivity index (χ3n) is 5.02. The first-order valence-corrected chi connectivity index (χ1v) is 12.7. The van der Waals surface area contributed by atoms with Crippen molar-refractivity contribution in [1.29, 1.82) is 5.41 Å². The molecule has 0 bridgehead atoms. The van der Waals surface area contributed by atoms with Gasteiger partial charge in [0.05, 0.1) is 18.8 Å². The van der Waals surface area contributed by atoms with Gasteiger partial charge >= 0.3 is 13.7 Å². The van der Waals surface area contributed by atoms with Crippen LogP contribution in [0.5, 0.6) is 5.75 Å². The highest BCUT2D eigenvalue weighted by molar-refractivity contribution is 7.52. The van der Waals surface area contributed by atoms with Gasteiger partial charge in [-0.25, -0.2) is 4.57 Å². The molecule has 0 radical (unpaired) electrons. The first-order chi connectivity index (χ1) is 16.3. The van der Waals surface area contributed by atoms with E-state index in [4.69, 9.17) is 35.4 Å². The number of ether oxygens (including phenoxy) is 2. The lowest BCUT2D eigenvalue weighted by Gasteiger charge is -2.28. The maximum Gasteiger partial charge on any atom is 0.459 e. The lowest BCUT2D eigenvalue weighted by atomic mass is 9.94. The van der Waals surface area contributed by atoms with Crippen molar-refractivity contribution in [1.82, 2.24) is 10.4 Å². The molecule has 0 saturated carbocycles. The van der Waals surface area contributed by atoms with Crippen molar-refractivity contribution in [3.05, 3.63) is 42.6 Å². The van der Waals surface area contributed by atoms with E-state index in [1.165, 1.54) is 19.2 Å². The van der Waals surface area contributed by atoms with Crippen LogP contribution in [0.3, 0.4) is 0 Å². The number of hydrogen-bond acceptors (Lipinski definition) is 10. The van der Waals surface area contributed by atoms with E-state index in [0.29, 0.717) is 0 Å². The van der Waals surface area contributed by atoms with Crippen molar-refractivity contribution in [3.63, 3.8) is 0 Å². The first-order valence-electron chi connectivity index (χ1n) is 11.2. The van der Waals surface area contributed by atoms with Gasteiger partial charge in [-0.2, -0.15) is 5.09 Å². The lowest BCUT2D eigenvalue weighted by molar-refractivity contribution is -0.146. The van der Waals surface area contributed by atoms with Crippen molar-refractivity contribution in [2.24, 2.45) is 17.4 Å². The monoisotopic (exact) mass is 513 g/mol. The first kappa shape index (κ1) is 28.8. The molecule has 8 N–H and O–H groups in total. The van der Waals surface area contributed by atoms with Gasteiger partial charge in [0.1, 0.15) is 36.1 Å². The number of nitrogens with one attached hydrogen (secondary N) is 3. The molecule has 1 aromatic rings. The lowest BCUT2D eigenvalue weighted by Crippen LogP contribution is -2.57. The van der Waals surface area contributed by atoms with Crippen LogP contribution in [0.25, 0.3) is 0 Å². The van der Waals surface area contributed by atoms with Gasteiger partial charge in [0.25, 0.3) is 0 Å². The highest BCUT2D eigenvalue weighted by atomic mass is 31.2. The summed E-state index contributed by atoms with van der Waals surface area (Å²) in [6.45, 7) is 6.68. The van der Waals surface area contributed by atoms with Crippen LogP contribution in [-0.2, 0) is 23.4 Å². The highest BCUT2D eigenvalue weighted by Crippen LogP contribution is 2.45. The predicted octanol–water partition coefficient (Wildman–Crippen LogP) is 1.21. The number of hydrogen-bond donors (Lipinski definition) is 6. The zero-order chi connectivity index (χ0) is 26.2. The Morgan fingerprint density at radius 2 is 2.00 bits per heavy atom. The maximum atomic E-state index is 13.6. The summed E-state index contributed by atoms with van der Waals surface area (Å²) in [7, 11) is -4.14. The molecule has 2 rings (SSSR count). The number of amidine groups is 1. The van der Waals surface area contributed by atoms with E-state index in [1.54, 1.807) is 37.3 Å². The average molecular weight is 514 g/mol. The Morgan fingerprint density at radius 1 is 1.34 bits per heavy atom. The van der Waals surface area contributed by atoms with E-state index < -0.39 is 43.7 Å². The summed E-state index contributed by atoms with van der Waals surface area (Å²) in [5.41, 5.74) is 10.3. The molecule has 1 saturated heterocycles. The minimum absolute atomic E-state index is 0.133. The van der Waals surface area contributed by atoms with Gasteiger partial charge in [0.15, 0.2) is 0 Å². The van der Waals surface area contributed by atoms with Crippen LogP contribution < -0.4 is 26.4 Å². The minimum atomic E-state index is -4.14. The fourth-order valence-electron chi connectivity index (χ4n) is 3.07. The summed E-state index contributed by atoms with van der Waals surface area (Å²) in [4.78, 5) is 12.3. The minimum Gasteiger partial charge on any atom is -0.464 e. The number of carbonyl (C=O) groups excluding carboxylic acids is 1. The van der Waals surface area contributed by atoms with Gasteiger partial charge < -0.3 is 35.9 Å². The number of aliphatic hydroxyl groups excluding tert-OH is 1. The number of esters is 1. The van der Waals surface area contributed by atoms with Crippen molar-refractivity contribution in [2.45, 2.75) is 57.7 Å². The van der Waals surface area contributed by atoms with Crippen molar-refractivity contribution in [2.75, 3.05) is 13.2 Å². The number of para-hydroxylation sites is 1. The standard InChI is InChI=1S/C22H36N5O7P/c1-14(2)12-31-20(29)15(3)27-35(30,34-16-8-6-5-7-9-16)32-13-17-19(28)22(4,25)21(33-17)26-11-10-18(23)24/h5-11,14-15,17,19,21,26,28H,12-13,25H2,1-4H3,(H3,23,24)(H,27,30)/b11-10-/t15-,17+,19+,21+,22+,35?/m0/s1. The normalized spacial score (nSPS) is 26.9. The molecule has 0 amide bonds. The summed E-state index contributed by atoms with van der Waals surface area (Å²) < 4.78 is 35.7. The fourth-order valence-corrected chi connectivity index (χ4v) is 4.57. The van der Waals surface area contributed by atoms with Crippen LogP contribution in [0, 0.1) is 11.3 Å². The van der Waals surface area contributed by atoms with Crippen LogP contribution in [0.4, 0.5) is 0 Å². The fraction of sp³-hybridized carbons (Fsp3) is 0.545. The SMILES string of the molecule is CC(C)COC(=O)[C@H](C)NP(=O)(OC[C@H]1O[C@@H](N/C=C\C(=N)N)[C@](C)(N)[C@@H]1O)Oc1ccccc1. The second-order valence-corrected chi connectivity index (χ2v) is 10.6. The summed E-state index contributed by atoms with van der Waals surface area (Å²) in [5.74, 6) is -0.419. The molecule has 0 aromatic heterocycles.